The van der Waals surface area contributed by atoms with Gasteiger partial charge in [-0.2, -0.15) is 5.10 Å². The number of nitrogens with one attached hydrogen (secondary N) is 1. The predicted molar refractivity (Wildman–Crippen MR) is 115 cm³/mol. The Morgan fingerprint density at radius 3 is 2.94 bits per heavy atom. The molecule has 0 radical (unpaired) electrons. The number of carbonyl (C=O) groups is 1. The number of aromatic nitrogens is 3. The summed E-state index contributed by atoms with van der Waals surface area (Å²) in [5.74, 6) is -0.653. The van der Waals surface area contributed by atoms with Crippen LogP contribution in [-0.2, 0) is 4.74 Å². The SMILES string of the molecule is CC1CN(C(CNC(=O)c2cccc(-n3cncn3)c2)c2c(F)cccc2Cl)CCO1. The number of rotatable bonds is 6. The highest BCUT2D eigenvalue weighted by Crippen LogP contribution is 2.31. The third kappa shape index (κ3) is 4.92. The monoisotopic (exact) mass is 443 g/mol. The lowest BCUT2D eigenvalue weighted by Gasteiger charge is -2.38. The van der Waals surface area contributed by atoms with Crippen LogP contribution >= 0.6 is 11.6 Å². The van der Waals surface area contributed by atoms with E-state index < -0.39 is 6.04 Å². The second-order valence-corrected chi connectivity index (χ2v) is 7.84. The molecule has 1 N–H and O–H groups in total. The van der Waals surface area contributed by atoms with E-state index in [1.165, 1.54) is 12.4 Å². The second kappa shape index (κ2) is 9.55. The van der Waals surface area contributed by atoms with E-state index in [-0.39, 0.29) is 24.4 Å². The van der Waals surface area contributed by atoms with Crippen molar-refractivity contribution in [2.45, 2.75) is 19.1 Å². The van der Waals surface area contributed by atoms with E-state index in [0.717, 1.165) is 5.69 Å². The van der Waals surface area contributed by atoms with Crippen molar-refractivity contribution in [1.29, 1.82) is 0 Å². The molecule has 1 amide bonds. The molecule has 0 spiro atoms. The molecule has 0 aliphatic carbocycles. The van der Waals surface area contributed by atoms with Crippen molar-refractivity contribution < 1.29 is 13.9 Å². The lowest BCUT2D eigenvalue weighted by atomic mass is 10.0. The molecule has 162 valence electrons. The van der Waals surface area contributed by atoms with Crippen LogP contribution in [0.15, 0.2) is 55.1 Å². The van der Waals surface area contributed by atoms with Crippen molar-refractivity contribution in [3.05, 3.63) is 77.1 Å². The van der Waals surface area contributed by atoms with Crippen molar-refractivity contribution in [3.63, 3.8) is 0 Å². The molecule has 1 saturated heterocycles. The topological polar surface area (TPSA) is 72.3 Å². The van der Waals surface area contributed by atoms with E-state index in [1.807, 2.05) is 13.0 Å². The Morgan fingerprint density at radius 2 is 2.19 bits per heavy atom. The smallest absolute Gasteiger partial charge is 0.251 e. The average molecular weight is 444 g/mol. The molecule has 4 rings (SSSR count). The van der Waals surface area contributed by atoms with Crippen LogP contribution in [0.3, 0.4) is 0 Å². The van der Waals surface area contributed by atoms with Crippen LogP contribution in [0.1, 0.15) is 28.9 Å². The molecule has 1 aliphatic heterocycles. The molecule has 2 heterocycles. The second-order valence-electron chi connectivity index (χ2n) is 7.43. The number of ether oxygens (including phenoxy) is 1. The van der Waals surface area contributed by atoms with Crippen molar-refractivity contribution in [3.8, 4) is 5.69 Å². The molecule has 2 aromatic carbocycles. The summed E-state index contributed by atoms with van der Waals surface area (Å²) in [7, 11) is 0. The van der Waals surface area contributed by atoms with E-state index >= 15 is 0 Å². The van der Waals surface area contributed by atoms with Crippen LogP contribution in [0.2, 0.25) is 5.02 Å². The van der Waals surface area contributed by atoms with Crippen molar-refractivity contribution >= 4 is 17.5 Å². The fraction of sp³-hybridized carbons (Fsp3) is 0.318. The fourth-order valence-corrected chi connectivity index (χ4v) is 4.08. The lowest BCUT2D eigenvalue weighted by Crippen LogP contribution is -2.47. The maximum atomic E-state index is 14.7. The summed E-state index contributed by atoms with van der Waals surface area (Å²) < 4.78 is 21.9. The number of hydrogen-bond acceptors (Lipinski definition) is 5. The van der Waals surface area contributed by atoms with Crippen molar-refractivity contribution in [2.24, 2.45) is 0 Å². The van der Waals surface area contributed by atoms with Gasteiger partial charge in [0, 0.05) is 35.8 Å². The van der Waals surface area contributed by atoms with Gasteiger partial charge in [-0.15, -0.1) is 0 Å². The van der Waals surface area contributed by atoms with Gasteiger partial charge in [-0.1, -0.05) is 23.7 Å². The van der Waals surface area contributed by atoms with Gasteiger partial charge in [0.1, 0.15) is 18.5 Å². The minimum Gasteiger partial charge on any atom is -0.376 e. The zero-order valence-corrected chi connectivity index (χ0v) is 17.8. The van der Waals surface area contributed by atoms with Gasteiger partial charge in [0.15, 0.2) is 0 Å². The number of halogens is 2. The molecule has 7 nitrogen and oxygen atoms in total. The van der Waals surface area contributed by atoms with Crippen LogP contribution < -0.4 is 5.32 Å². The van der Waals surface area contributed by atoms with Gasteiger partial charge >= 0.3 is 0 Å². The highest BCUT2D eigenvalue weighted by atomic mass is 35.5. The Balaban J connectivity index is 1.55. The lowest BCUT2D eigenvalue weighted by molar-refractivity contribution is -0.0346. The zero-order chi connectivity index (χ0) is 21.8. The third-order valence-corrected chi connectivity index (χ3v) is 5.62. The molecule has 3 aromatic rings. The van der Waals surface area contributed by atoms with Crippen LogP contribution in [0.5, 0.6) is 0 Å². The molecule has 1 aliphatic rings. The maximum Gasteiger partial charge on any atom is 0.251 e. The number of carbonyl (C=O) groups excluding carboxylic acids is 1. The number of morpholine rings is 1. The summed E-state index contributed by atoms with van der Waals surface area (Å²) in [6.07, 6.45) is 3.00. The Bertz CT molecular complexity index is 1030. The van der Waals surface area contributed by atoms with Crippen molar-refractivity contribution in [2.75, 3.05) is 26.2 Å². The van der Waals surface area contributed by atoms with Gasteiger partial charge < -0.3 is 10.1 Å². The minimum absolute atomic E-state index is 0.0110. The van der Waals surface area contributed by atoms with Crippen molar-refractivity contribution in [1.82, 2.24) is 25.0 Å². The zero-order valence-electron chi connectivity index (χ0n) is 17.0. The Kier molecular flexibility index (Phi) is 6.60. The molecule has 9 heteroatoms. The van der Waals surface area contributed by atoms with Gasteiger partial charge in [0.2, 0.25) is 0 Å². The fourth-order valence-electron chi connectivity index (χ4n) is 3.79. The summed E-state index contributed by atoms with van der Waals surface area (Å²) in [5, 5.41) is 7.37. The van der Waals surface area contributed by atoms with E-state index in [9.17, 15) is 9.18 Å². The highest BCUT2D eigenvalue weighted by molar-refractivity contribution is 6.31. The predicted octanol–water partition coefficient (Wildman–Crippen LogP) is 3.25. The Morgan fingerprint density at radius 1 is 1.35 bits per heavy atom. The van der Waals surface area contributed by atoms with Crippen LogP contribution in [0.25, 0.3) is 5.69 Å². The number of amides is 1. The summed E-state index contributed by atoms with van der Waals surface area (Å²) in [6.45, 7) is 3.96. The molecule has 2 unspecified atom stereocenters. The van der Waals surface area contributed by atoms with Crippen LogP contribution in [0.4, 0.5) is 4.39 Å². The van der Waals surface area contributed by atoms with Crippen LogP contribution in [0, 0.1) is 5.82 Å². The summed E-state index contributed by atoms with van der Waals surface area (Å²) in [4.78, 5) is 18.9. The van der Waals surface area contributed by atoms with Gasteiger partial charge in [-0.3, -0.25) is 9.69 Å². The molecule has 1 aromatic heterocycles. The van der Waals surface area contributed by atoms with E-state index in [4.69, 9.17) is 16.3 Å². The number of nitrogens with zero attached hydrogens (tertiary/aromatic N) is 4. The Labute approximate surface area is 184 Å². The molecule has 0 saturated carbocycles. The first-order chi connectivity index (χ1) is 15.0. The van der Waals surface area contributed by atoms with Gasteiger partial charge in [-0.25, -0.2) is 14.1 Å². The van der Waals surface area contributed by atoms with Gasteiger partial charge in [0.05, 0.1) is 24.4 Å². The largest absolute Gasteiger partial charge is 0.376 e. The first-order valence-electron chi connectivity index (χ1n) is 10.1. The van der Waals surface area contributed by atoms with Crippen LogP contribution in [-0.4, -0.2) is 57.9 Å². The molecule has 1 fully saturated rings. The first-order valence-corrected chi connectivity index (χ1v) is 10.4. The minimum atomic E-state index is -0.414. The average Bonchev–Trinajstić information content (AvgIpc) is 3.31. The molecular weight excluding hydrogens is 421 g/mol. The molecule has 0 bridgehead atoms. The quantitative estimate of drug-likeness (QED) is 0.633. The highest BCUT2D eigenvalue weighted by Gasteiger charge is 2.29. The normalized spacial score (nSPS) is 18.0. The van der Waals surface area contributed by atoms with E-state index in [1.54, 1.807) is 41.3 Å². The van der Waals surface area contributed by atoms with Gasteiger partial charge in [0.25, 0.3) is 5.91 Å². The molecule has 31 heavy (non-hydrogen) atoms. The molecule has 2 atom stereocenters. The summed E-state index contributed by atoms with van der Waals surface area (Å²) in [6, 6.07) is 11.3. The standard InChI is InChI=1S/C22H23ClFN5O2/c1-15-12-28(8-9-31-15)20(21-18(23)6-3-7-19(21)24)11-26-22(30)16-4-2-5-17(10-16)29-14-25-13-27-29/h2-7,10,13-15,20H,8-9,11-12H2,1H3,(H,26,30). The number of hydrogen-bond donors (Lipinski definition) is 1. The Hall–Kier alpha value is -2.81. The van der Waals surface area contributed by atoms with E-state index in [2.05, 4.69) is 20.3 Å². The maximum absolute atomic E-state index is 14.7. The van der Waals surface area contributed by atoms with Gasteiger partial charge in [-0.05, 0) is 37.3 Å². The van der Waals surface area contributed by atoms with E-state index in [0.29, 0.717) is 35.8 Å². The third-order valence-electron chi connectivity index (χ3n) is 5.29. The summed E-state index contributed by atoms with van der Waals surface area (Å²) in [5.41, 5.74) is 1.58. The first kappa shape index (κ1) is 21.4. The molecular formula is C22H23ClFN5O2. The number of benzene rings is 2. The summed E-state index contributed by atoms with van der Waals surface area (Å²) >= 11 is 6.36.